The highest BCUT2D eigenvalue weighted by molar-refractivity contribution is 5.99. The van der Waals surface area contributed by atoms with E-state index in [-0.39, 0.29) is 11.3 Å². The lowest BCUT2D eigenvalue weighted by Gasteiger charge is -2.08. The van der Waals surface area contributed by atoms with E-state index >= 15 is 0 Å². The molecule has 120 valence electrons. The Labute approximate surface area is 135 Å². The number of hydrazine groups is 1. The van der Waals surface area contributed by atoms with Gasteiger partial charge >= 0.3 is 0 Å². The predicted octanol–water partition coefficient (Wildman–Crippen LogP) is 2.59. The van der Waals surface area contributed by atoms with Crippen LogP contribution in [0.3, 0.4) is 0 Å². The molecule has 0 spiro atoms. The second-order valence-corrected chi connectivity index (χ2v) is 4.92. The number of nitrogens with one attached hydrogen (secondary N) is 2. The van der Waals surface area contributed by atoms with Gasteiger partial charge in [-0.15, -0.1) is 0 Å². The molecule has 3 rings (SSSR count). The molecule has 0 aliphatic rings. The van der Waals surface area contributed by atoms with Gasteiger partial charge in [-0.05, 0) is 24.3 Å². The molecule has 0 saturated carbocycles. The first-order valence-electron chi connectivity index (χ1n) is 6.96. The number of carbonyl (C=O) groups excluding carboxylic acids is 2. The molecule has 2 aromatic carbocycles. The van der Waals surface area contributed by atoms with Gasteiger partial charge in [-0.3, -0.25) is 20.4 Å². The van der Waals surface area contributed by atoms with Gasteiger partial charge in [0.15, 0.2) is 0 Å². The molecule has 0 fully saturated rings. The SMILES string of the molecule is O=C(NNC(=O)c1ccc(F)cc1F)c1ccc2ccccc2n1. The average molecular weight is 327 g/mol. The largest absolute Gasteiger partial charge is 0.288 e. The smallest absolute Gasteiger partial charge is 0.267 e. The molecule has 5 nitrogen and oxygen atoms in total. The maximum Gasteiger partial charge on any atom is 0.288 e. The number of hydrogen-bond donors (Lipinski definition) is 2. The maximum atomic E-state index is 13.5. The minimum absolute atomic E-state index is 0.0913. The number of aromatic nitrogens is 1. The number of para-hydroxylation sites is 1. The van der Waals surface area contributed by atoms with E-state index in [4.69, 9.17) is 0 Å². The number of benzene rings is 2. The van der Waals surface area contributed by atoms with Crippen molar-refractivity contribution in [2.45, 2.75) is 0 Å². The van der Waals surface area contributed by atoms with Gasteiger partial charge in [0.1, 0.15) is 17.3 Å². The summed E-state index contributed by atoms with van der Waals surface area (Å²) >= 11 is 0. The molecule has 0 atom stereocenters. The van der Waals surface area contributed by atoms with Gasteiger partial charge < -0.3 is 0 Å². The van der Waals surface area contributed by atoms with E-state index in [1.807, 2.05) is 12.1 Å². The van der Waals surface area contributed by atoms with Crippen molar-refractivity contribution in [3.05, 3.63) is 77.5 Å². The van der Waals surface area contributed by atoms with Crippen molar-refractivity contribution in [2.24, 2.45) is 0 Å². The Bertz CT molecular complexity index is 944. The number of pyridine rings is 1. The number of hydrogen-bond acceptors (Lipinski definition) is 3. The molecule has 1 heterocycles. The van der Waals surface area contributed by atoms with Crippen LogP contribution in [0.4, 0.5) is 8.78 Å². The zero-order valence-corrected chi connectivity index (χ0v) is 12.2. The molecule has 0 unspecified atom stereocenters. The fourth-order valence-electron chi connectivity index (χ4n) is 2.11. The summed E-state index contributed by atoms with van der Waals surface area (Å²) in [6.07, 6.45) is 0. The van der Waals surface area contributed by atoms with Crippen LogP contribution in [-0.4, -0.2) is 16.8 Å². The highest BCUT2D eigenvalue weighted by atomic mass is 19.1. The number of amides is 2. The van der Waals surface area contributed by atoms with Gasteiger partial charge in [-0.25, -0.2) is 13.8 Å². The number of fused-ring (bicyclic) bond motifs is 1. The summed E-state index contributed by atoms with van der Waals surface area (Å²) < 4.78 is 26.3. The standard InChI is InChI=1S/C17H11F2N3O2/c18-11-6-7-12(13(19)9-11)16(23)21-22-17(24)15-8-5-10-3-1-2-4-14(10)20-15/h1-9H,(H,21,23)(H,22,24). The van der Waals surface area contributed by atoms with Gasteiger partial charge in [0.05, 0.1) is 11.1 Å². The highest BCUT2D eigenvalue weighted by Gasteiger charge is 2.14. The predicted molar refractivity (Wildman–Crippen MR) is 83.0 cm³/mol. The summed E-state index contributed by atoms with van der Waals surface area (Å²) in [5, 5.41) is 0.867. The average Bonchev–Trinajstić information content (AvgIpc) is 2.59. The van der Waals surface area contributed by atoms with Gasteiger partial charge in [-0.1, -0.05) is 24.3 Å². The van der Waals surface area contributed by atoms with Crippen molar-refractivity contribution in [2.75, 3.05) is 0 Å². The first-order valence-corrected chi connectivity index (χ1v) is 6.96. The van der Waals surface area contributed by atoms with Crippen molar-refractivity contribution < 1.29 is 18.4 Å². The van der Waals surface area contributed by atoms with Crippen molar-refractivity contribution in [1.82, 2.24) is 15.8 Å². The molecule has 0 radical (unpaired) electrons. The Hall–Kier alpha value is -3.35. The third-order valence-corrected chi connectivity index (χ3v) is 3.30. The van der Waals surface area contributed by atoms with E-state index < -0.39 is 23.4 Å². The van der Waals surface area contributed by atoms with E-state index in [2.05, 4.69) is 15.8 Å². The van der Waals surface area contributed by atoms with Gasteiger partial charge in [0.25, 0.3) is 11.8 Å². The van der Waals surface area contributed by atoms with E-state index in [1.165, 1.54) is 6.07 Å². The highest BCUT2D eigenvalue weighted by Crippen LogP contribution is 2.12. The second kappa shape index (κ2) is 6.41. The Balaban J connectivity index is 1.71. The summed E-state index contributed by atoms with van der Waals surface area (Å²) in [5.74, 6) is -3.38. The van der Waals surface area contributed by atoms with Crippen LogP contribution in [0.25, 0.3) is 10.9 Å². The topological polar surface area (TPSA) is 71.1 Å². The normalized spacial score (nSPS) is 10.4. The number of rotatable bonds is 2. The summed E-state index contributed by atoms with van der Waals surface area (Å²) in [5.41, 5.74) is 4.54. The van der Waals surface area contributed by atoms with Gasteiger partial charge in [-0.2, -0.15) is 0 Å². The summed E-state index contributed by atoms with van der Waals surface area (Å²) in [6.45, 7) is 0. The zero-order chi connectivity index (χ0) is 17.1. The molecule has 0 aliphatic heterocycles. The first kappa shape index (κ1) is 15.5. The zero-order valence-electron chi connectivity index (χ0n) is 12.2. The molecule has 7 heteroatoms. The third-order valence-electron chi connectivity index (χ3n) is 3.30. The van der Waals surface area contributed by atoms with Crippen molar-refractivity contribution in [1.29, 1.82) is 0 Å². The van der Waals surface area contributed by atoms with Crippen molar-refractivity contribution in [3.8, 4) is 0 Å². The number of carbonyl (C=O) groups is 2. The summed E-state index contributed by atoms with van der Waals surface area (Å²) in [6, 6.07) is 13.0. The number of halogens is 2. The molecule has 24 heavy (non-hydrogen) atoms. The monoisotopic (exact) mass is 327 g/mol. The molecular formula is C17H11F2N3O2. The van der Waals surface area contributed by atoms with Crippen LogP contribution in [0.1, 0.15) is 20.8 Å². The minimum atomic E-state index is -1.02. The fourth-order valence-corrected chi connectivity index (χ4v) is 2.11. The first-order chi connectivity index (χ1) is 11.5. The van der Waals surface area contributed by atoms with Crippen LogP contribution >= 0.6 is 0 Å². The van der Waals surface area contributed by atoms with E-state index in [0.29, 0.717) is 11.6 Å². The summed E-state index contributed by atoms with van der Waals surface area (Å²) in [4.78, 5) is 28.0. The lowest BCUT2D eigenvalue weighted by atomic mass is 10.2. The molecule has 2 amide bonds. The van der Waals surface area contributed by atoms with Crippen LogP contribution in [0.5, 0.6) is 0 Å². The molecule has 1 aromatic heterocycles. The molecule has 2 N–H and O–H groups in total. The lowest BCUT2D eigenvalue weighted by molar-refractivity contribution is 0.0841. The lowest BCUT2D eigenvalue weighted by Crippen LogP contribution is -2.42. The molecule has 0 aliphatic carbocycles. The Morgan fingerprint density at radius 2 is 1.62 bits per heavy atom. The number of nitrogens with zero attached hydrogens (tertiary/aromatic N) is 1. The second-order valence-electron chi connectivity index (χ2n) is 4.92. The molecular weight excluding hydrogens is 316 g/mol. The van der Waals surface area contributed by atoms with Crippen molar-refractivity contribution >= 4 is 22.7 Å². The van der Waals surface area contributed by atoms with Crippen LogP contribution in [0.2, 0.25) is 0 Å². The van der Waals surface area contributed by atoms with Crippen LogP contribution in [0.15, 0.2) is 54.6 Å². The van der Waals surface area contributed by atoms with Gasteiger partial charge in [0.2, 0.25) is 0 Å². The van der Waals surface area contributed by atoms with Crippen LogP contribution in [0, 0.1) is 11.6 Å². The van der Waals surface area contributed by atoms with Crippen molar-refractivity contribution in [3.63, 3.8) is 0 Å². The van der Waals surface area contributed by atoms with E-state index in [0.717, 1.165) is 17.5 Å². The van der Waals surface area contributed by atoms with Crippen LogP contribution < -0.4 is 10.9 Å². The maximum absolute atomic E-state index is 13.5. The Morgan fingerprint density at radius 3 is 2.42 bits per heavy atom. The van der Waals surface area contributed by atoms with E-state index in [1.54, 1.807) is 18.2 Å². The summed E-state index contributed by atoms with van der Waals surface area (Å²) in [7, 11) is 0. The fraction of sp³-hybridized carbons (Fsp3) is 0. The van der Waals surface area contributed by atoms with Gasteiger partial charge in [0, 0.05) is 11.5 Å². The Morgan fingerprint density at radius 1 is 0.875 bits per heavy atom. The minimum Gasteiger partial charge on any atom is -0.267 e. The third kappa shape index (κ3) is 3.19. The van der Waals surface area contributed by atoms with Crippen LogP contribution in [-0.2, 0) is 0 Å². The molecule has 0 saturated heterocycles. The Kier molecular flexibility index (Phi) is 4.15. The molecule has 3 aromatic rings. The van der Waals surface area contributed by atoms with E-state index in [9.17, 15) is 18.4 Å². The quantitative estimate of drug-likeness (QED) is 0.711. The molecule has 0 bridgehead atoms.